The second-order valence-corrected chi connectivity index (χ2v) is 8.00. The van der Waals surface area contributed by atoms with Gasteiger partial charge in [-0.05, 0) is 50.1 Å². The van der Waals surface area contributed by atoms with Crippen molar-refractivity contribution in [2.45, 2.75) is 71.1 Å². The average molecular weight is 309 g/mol. The van der Waals surface area contributed by atoms with Gasteiger partial charge in [0.25, 0.3) is 0 Å². The molecule has 0 spiro atoms. The second-order valence-electron chi connectivity index (χ2n) is 6.45. The molecule has 2 nitrogen and oxygen atoms in total. The van der Waals surface area contributed by atoms with Crippen LogP contribution in [0.2, 0.25) is 0 Å². The van der Waals surface area contributed by atoms with E-state index in [4.69, 9.17) is 8.85 Å². The van der Waals surface area contributed by atoms with E-state index in [9.17, 15) is 0 Å². The summed E-state index contributed by atoms with van der Waals surface area (Å²) < 4.78 is 11.9. The van der Waals surface area contributed by atoms with Gasteiger partial charge >= 0.3 is 8.90 Å². The predicted molar refractivity (Wildman–Crippen MR) is 91.7 cm³/mol. The molecule has 2 fully saturated rings. The molecule has 21 heavy (non-hydrogen) atoms. The van der Waals surface area contributed by atoms with Gasteiger partial charge in [-0.1, -0.05) is 50.7 Å². The van der Waals surface area contributed by atoms with Crippen molar-refractivity contribution in [2.24, 2.45) is 11.8 Å². The van der Waals surface area contributed by atoms with Crippen LogP contribution in [-0.2, 0) is 8.85 Å². The molecule has 0 amide bonds. The van der Waals surface area contributed by atoms with Crippen molar-refractivity contribution in [1.29, 1.82) is 0 Å². The van der Waals surface area contributed by atoms with Crippen LogP contribution in [-0.4, -0.2) is 27.8 Å². The summed E-state index contributed by atoms with van der Waals surface area (Å²) in [5, 5.41) is 0. The summed E-state index contributed by atoms with van der Waals surface area (Å²) in [6.45, 7) is 3.57. The maximum atomic E-state index is 6.02. The Kier molecular flexibility index (Phi) is 8.16. The van der Waals surface area contributed by atoms with Crippen molar-refractivity contribution in [3.05, 3.63) is 12.2 Å². The van der Waals surface area contributed by atoms with Gasteiger partial charge in [0, 0.05) is 0 Å². The lowest BCUT2D eigenvalue weighted by Gasteiger charge is -2.13. The number of allylic oxidation sites excluding steroid dienone is 1. The van der Waals surface area contributed by atoms with Gasteiger partial charge in [-0.25, -0.2) is 0 Å². The van der Waals surface area contributed by atoms with Crippen LogP contribution in [0.5, 0.6) is 0 Å². The molecule has 2 saturated carbocycles. The monoisotopic (exact) mass is 308 g/mol. The lowest BCUT2D eigenvalue weighted by molar-refractivity contribution is 0.243. The number of hydrogen-bond donors (Lipinski definition) is 0. The largest absolute Gasteiger partial charge is 0.524 e. The first-order valence-corrected chi connectivity index (χ1v) is 10.4. The number of rotatable bonds is 7. The first kappa shape index (κ1) is 16.8. The van der Waals surface area contributed by atoms with Crippen molar-refractivity contribution in [2.75, 3.05) is 13.2 Å². The Balaban J connectivity index is 1.76. The van der Waals surface area contributed by atoms with E-state index in [-0.39, 0.29) is 0 Å². The fourth-order valence-electron chi connectivity index (χ4n) is 3.48. The molecule has 0 N–H and O–H groups in total. The van der Waals surface area contributed by atoms with Crippen molar-refractivity contribution in [3.63, 3.8) is 0 Å². The molecule has 0 aromatic carbocycles. The van der Waals surface area contributed by atoms with Crippen molar-refractivity contribution < 1.29 is 8.85 Å². The third kappa shape index (κ3) is 6.81. The Morgan fingerprint density at radius 3 is 2.14 bits per heavy atom. The van der Waals surface area contributed by atoms with E-state index >= 15 is 0 Å². The van der Waals surface area contributed by atoms with E-state index in [0.29, 0.717) is 0 Å². The summed E-state index contributed by atoms with van der Waals surface area (Å²) in [6.07, 6.45) is 18.4. The lowest BCUT2D eigenvalue weighted by Crippen LogP contribution is -2.20. The lowest BCUT2D eigenvalue weighted by atomic mass is 10.0. The smallest absolute Gasteiger partial charge is 0.476 e. The minimum Gasteiger partial charge on any atom is -0.524 e. The maximum absolute atomic E-state index is 6.02. The molecular weight excluding hydrogens is 276 g/mol. The third-order valence-corrected chi connectivity index (χ3v) is 6.46. The van der Waals surface area contributed by atoms with Gasteiger partial charge in [0.1, 0.15) is 0 Å². The highest BCUT2D eigenvalue weighted by Crippen LogP contribution is 2.25. The first-order chi connectivity index (χ1) is 10.4. The van der Waals surface area contributed by atoms with Gasteiger partial charge in [0.05, 0.1) is 13.2 Å². The van der Waals surface area contributed by atoms with Crippen LogP contribution in [0, 0.1) is 11.8 Å². The molecule has 0 aromatic heterocycles. The van der Waals surface area contributed by atoms with E-state index < -0.39 is 8.90 Å². The van der Waals surface area contributed by atoms with Crippen molar-refractivity contribution >= 4 is 14.6 Å². The van der Waals surface area contributed by atoms with E-state index in [1.165, 1.54) is 64.2 Å². The van der Waals surface area contributed by atoms with Crippen LogP contribution in [0.1, 0.15) is 71.1 Å². The summed E-state index contributed by atoms with van der Waals surface area (Å²) >= 11 is 0. The zero-order valence-electron chi connectivity index (χ0n) is 13.7. The molecule has 0 bridgehead atoms. The van der Waals surface area contributed by atoms with Gasteiger partial charge < -0.3 is 8.85 Å². The molecule has 0 aromatic rings. The summed E-state index contributed by atoms with van der Waals surface area (Å²) in [5.41, 5.74) is 2.42. The van der Waals surface area contributed by atoms with Crippen molar-refractivity contribution in [1.82, 2.24) is 0 Å². The molecule has 120 valence electrons. The standard InChI is InChI=1S/C18H32O2Si/c1-2-19-21(16-18-12-5-3-4-6-13-18)20-15-9-14-17-10-7-8-11-17/h9,14,16-18H,2-8,10-13,15H2,1H3. The quantitative estimate of drug-likeness (QED) is 0.388. The zero-order chi connectivity index (χ0) is 14.8. The van der Waals surface area contributed by atoms with E-state index in [1.807, 2.05) is 0 Å². The Hall–Kier alpha value is -0.573. The first-order valence-electron chi connectivity index (χ1n) is 9.02. The number of hydrogen-bond acceptors (Lipinski definition) is 2. The van der Waals surface area contributed by atoms with Crippen LogP contribution < -0.4 is 0 Å². The zero-order valence-corrected chi connectivity index (χ0v) is 14.7. The van der Waals surface area contributed by atoms with Gasteiger partial charge in [-0.3, -0.25) is 0 Å². The van der Waals surface area contributed by atoms with Crippen LogP contribution in [0.25, 0.3) is 0 Å². The summed E-state index contributed by atoms with van der Waals surface area (Å²) in [5.74, 6) is 1.54. The van der Waals surface area contributed by atoms with Crippen LogP contribution in [0.4, 0.5) is 0 Å². The average Bonchev–Trinajstić information content (AvgIpc) is 2.87. The Morgan fingerprint density at radius 2 is 1.48 bits per heavy atom. The van der Waals surface area contributed by atoms with E-state index in [0.717, 1.165) is 25.0 Å². The minimum absolute atomic E-state index is 0.728. The van der Waals surface area contributed by atoms with E-state index in [1.54, 1.807) is 0 Å². The maximum Gasteiger partial charge on any atom is 0.476 e. The molecular formula is C18H32O2Si. The molecule has 2 rings (SSSR count). The third-order valence-electron chi connectivity index (χ3n) is 4.69. The minimum atomic E-state index is -1.18. The SMILES string of the molecule is CCO[Si](=CC1CCCCCC1)OCC=CC1CCCC1. The fraction of sp³-hybridized carbons (Fsp3) is 0.833. The van der Waals surface area contributed by atoms with Gasteiger partial charge in [0.15, 0.2) is 0 Å². The molecule has 0 atom stereocenters. The second kappa shape index (κ2) is 10.2. The van der Waals surface area contributed by atoms with E-state index in [2.05, 4.69) is 24.7 Å². The molecule has 2 aliphatic carbocycles. The molecule has 0 heterocycles. The molecule has 0 saturated heterocycles. The van der Waals surface area contributed by atoms with Gasteiger partial charge in [-0.15, -0.1) is 0 Å². The summed E-state index contributed by atoms with van der Waals surface area (Å²) in [4.78, 5) is 0. The Morgan fingerprint density at radius 1 is 0.857 bits per heavy atom. The van der Waals surface area contributed by atoms with Crippen LogP contribution >= 0.6 is 0 Å². The summed E-state index contributed by atoms with van der Waals surface area (Å²) in [6, 6.07) is 0. The normalized spacial score (nSPS) is 22.6. The molecule has 2 aliphatic rings. The Bertz CT molecular complexity index is 324. The molecule has 0 aliphatic heterocycles. The topological polar surface area (TPSA) is 18.5 Å². The fourth-order valence-corrected chi connectivity index (χ4v) is 5.02. The predicted octanol–water partition coefficient (Wildman–Crippen LogP) is 4.63. The highest BCUT2D eigenvalue weighted by molar-refractivity contribution is 6.54. The molecule has 3 heteroatoms. The highest BCUT2D eigenvalue weighted by atomic mass is 28.3. The molecule has 0 unspecified atom stereocenters. The highest BCUT2D eigenvalue weighted by Gasteiger charge is 2.14. The summed E-state index contributed by atoms with van der Waals surface area (Å²) in [7, 11) is -1.18. The van der Waals surface area contributed by atoms with Gasteiger partial charge in [0.2, 0.25) is 0 Å². The molecule has 0 radical (unpaired) electrons. The van der Waals surface area contributed by atoms with Gasteiger partial charge in [-0.2, -0.15) is 0 Å². The van der Waals surface area contributed by atoms with Crippen molar-refractivity contribution in [3.8, 4) is 0 Å². The Labute approximate surface area is 132 Å². The van der Waals surface area contributed by atoms with Crippen LogP contribution in [0.15, 0.2) is 12.2 Å². The van der Waals surface area contributed by atoms with Crippen LogP contribution in [0.3, 0.4) is 0 Å².